The van der Waals surface area contributed by atoms with Crippen LogP contribution in [0, 0.1) is 17.8 Å². The smallest absolute Gasteiger partial charge is 0.331 e. The van der Waals surface area contributed by atoms with Crippen molar-refractivity contribution < 1.29 is 63.7 Å². The highest BCUT2D eigenvalue weighted by atomic mass is 16.6. The third-order valence-electron chi connectivity index (χ3n) is 12.4. The highest BCUT2D eigenvalue weighted by molar-refractivity contribution is 5.96. The summed E-state index contributed by atoms with van der Waals surface area (Å²) >= 11 is 0. The molecule has 340 valence electrons. The van der Waals surface area contributed by atoms with Gasteiger partial charge in [-0.2, -0.15) is 0 Å². The van der Waals surface area contributed by atoms with Gasteiger partial charge in [-0.25, -0.2) is 25.8 Å². The lowest BCUT2D eigenvalue weighted by atomic mass is 9.79. The van der Waals surface area contributed by atoms with Crippen LogP contribution in [0.3, 0.4) is 0 Å². The molecule has 0 aromatic rings. The maximum absolute atomic E-state index is 14.8. The number of rotatable bonds is 7. The first-order valence-electron chi connectivity index (χ1n) is 21.2. The first-order valence-corrected chi connectivity index (χ1v) is 21.2. The maximum atomic E-state index is 14.8. The highest BCUT2D eigenvalue weighted by Gasteiger charge is 2.57. The third kappa shape index (κ3) is 10.5. The number of carbonyl (C=O) groups is 7. The van der Waals surface area contributed by atoms with Crippen molar-refractivity contribution in [1.29, 1.82) is 0 Å². The van der Waals surface area contributed by atoms with Crippen molar-refractivity contribution in [2.45, 2.75) is 167 Å². The van der Waals surface area contributed by atoms with Crippen LogP contribution in [0.2, 0.25) is 0 Å². The summed E-state index contributed by atoms with van der Waals surface area (Å²) in [6, 6.07) is -7.88. The fraction of sp³-hybridized carbons (Fsp3) is 0.821. The number of carbonyl (C=O) groups excluding carboxylic acids is 7. The van der Waals surface area contributed by atoms with Crippen LogP contribution in [0.25, 0.3) is 0 Å². The summed E-state index contributed by atoms with van der Waals surface area (Å²) in [7, 11) is 0. The predicted octanol–water partition coefficient (Wildman–Crippen LogP) is -0.546. The van der Waals surface area contributed by atoms with Gasteiger partial charge in [0.15, 0.2) is 11.6 Å². The Labute approximate surface area is 350 Å². The molecule has 4 rings (SSSR count). The molecule has 4 unspecified atom stereocenters. The number of amides is 6. The Morgan fingerprint density at radius 2 is 1.45 bits per heavy atom. The second-order valence-corrected chi connectivity index (χ2v) is 17.2. The minimum atomic E-state index is -2.70. The van der Waals surface area contributed by atoms with E-state index in [2.05, 4.69) is 35.3 Å². The van der Waals surface area contributed by atoms with Crippen molar-refractivity contribution in [1.82, 2.24) is 41.6 Å². The van der Waals surface area contributed by atoms with Crippen molar-refractivity contribution in [3.8, 4) is 0 Å². The standard InChI is InChI=1S/C39H66N8O13/c1-9-22(4)20-26-14-16-39(56,60-25(26)7)38(8,55)37(54)43-30-31(21(2)3)59-36(53)24(6)47(58)33(50)27-12-10-17-41-44(27)29(48)15-19-40-32(49)23(5)46(57)34(51)28-13-11-18-42-45(28)35(30)52/h21-28,30-31,41-42,55-58H,9-20H2,1-8H3,(H,40,49)(H,43,54)/t22-,23+,24-,25?,26?,27+,28-,30?,31+,38-,39?/m1/s1. The molecular weight excluding hydrogens is 788 g/mol. The molecule has 0 saturated carbocycles. The summed E-state index contributed by atoms with van der Waals surface area (Å²) in [5.41, 5.74) is 2.92. The number of hydrogen-bond donors (Lipinski definition) is 8. The van der Waals surface area contributed by atoms with Gasteiger partial charge in [0.1, 0.15) is 30.3 Å². The predicted molar refractivity (Wildman–Crippen MR) is 209 cm³/mol. The minimum absolute atomic E-state index is 0.0199. The van der Waals surface area contributed by atoms with Crippen molar-refractivity contribution in [2.24, 2.45) is 17.8 Å². The fourth-order valence-electron chi connectivity index (χ4n) is 8.03. The van der Waals surface area contributed by atoms with Crippen LogP contribution in [0.5, 0.6) is 0 Å². The van der Waals surface area contributed by atoms with E-state index < -0.39 is 101 Å². The van der Waals surface area contributed by atoms with Gasteiger partial charge in [-0.15, -0.1) is 0 Å². The van der Waals surface area contributed by atoms with Gasteiger partial charge < -0.3 is 30.3 Å². The van der Waals surface area contributed by atoms with Crippen molar-refractivity contribution >= 4 is 41.4 Å². The van der Waals surface area contributed by atoms with Gasteiger partial charge in [0.2, 0.25) is 17.6 Å². The molecule has 0 aromatic heterocycles. The van der Waals surface area contributed by atoms with Crippen LogP contribution in [-0.2, 0) is 43.0 Å². The summed E-state index contributed by atoms with van der Waals surface area (Å²) < 4.78 is 11.8. The van der Waals surface area contributed by atoms with Gasteiger partial charge >= 0.3 is 5.97 Å². The second kappa shape index (κ2) is 20.3. The van der Waals surface area contributed by atoms with E-state index in [0.717, 1.165) is 36.7 Å². The molecule has 0 spiro atoms. The lowest BCUT2D eigenvalue weighted by molar-refractivity contribution is -0.326. The van der Waals surface area contributed by atoms with Gasteiger partial charge in [0, 0.05) is 32.5 Å². The molecule has 6 amide bonds. The molecule has 21 nitrogen and oxygen atoms in total. The molecule has 4 saturated heterocycles. The highest BCUT2D eigenvalue weighted by Crippen LogP contribution is 2.40. The van der Waals surface area contributed by atoms with Crippen molar-refractivity contribution in [3.63, 3.8) is 0 Å². The first-order chi connectivity index (χ1) is 28.1. The Morgan fingerprint density at radius 3 is 2.02 bits per heavy atom. The molecule has 4 aliphatic rings. The van der Waals surface area contributed by atoms with E-state index in [1.165, 1.54) is 6.92 Å². The van der Waals surface area contributed by atoms with E-state index in [-0.39, 0.29) is 54.8 Å². The van der Waals surface area contributed by atoms with Crippen LogP contribution in [0.15, 0.2) is 0 Å². The number of nitrogens with one attached hydrogen (secondary N) is 4. The first kappa shape index (κ1) is 48.7. The third-order valence-corrected chi connectivity index (χ3v) is 12.4. The second-order valence-electron chi connectivity index (χ2n) is 17.2. The number of ether oxygens (including phenoxy) is 2. The van der Waals surface area contributed by atoms with E-state index >= 15 is 0 Å². The molecule has 21 heteroatoms. The lowest BCUT2D eigenvalue weighted by Gasteiger charge is -2.47. The molecule has 8 N–H and O–H groups in total. The number of esters is 1. The number of cyclic esters (lactones) is 1. The van der Waals surface area contributed by atoms with Crippen LogP contribution in [0.4, 0.5) is 0 Å². The summed E-state index contributed by atoms with van der Waals surface area (Å²) in [4.78, 5) is 96.9. The molecule has 0 bridgehead atoms. The fourth-order valence-corrected chi connectivity index (χ4v) is 8.03. The van der Waals surface area contributed by atoms with Gasteiger partial charge in [-0.1, -0.05) is 34.1 Å². The number of hydrogen-bond acceptors (Lipinski definition) is 15. The van der Waals surface area contributed by atoms with E-state index in [9.17, 15) is 54.2 Å². The largest absolute Gasteiger partial charge is 0.458 e. The van der Waals surface area contributed by atoms with Gasteiger partial charge in [0.25, 0.3) is 23.6 Å². The molecule has 11 atom stereocenters. The minimum Gasteiger partial charge on any atom is -0.458 e. The summed E-state index contributed by atoms with van der Waals surface area (Å²) in [5.74, 6) is -9.98. The van der Waals surface area contributed by atoms with Crippen LogP contribution in [-0.4, -0.2) is 156 Å². The number of hydroxylamine groups is 4. The zero-order valence-corrected chi connectivity index (χ0v) is 36.0. The van der Waals surface area contributed by atoms with E-state index in [4.69, 9.17) is 9.47 Å². The summed E-state index contributed by atoms with van der Waals surface area (Å²) in [6.07, 6.45) is 0.328. The van der Waals surface area contributed by atoms with Gasteiger partial charge in [-0.05, 0) is 84.0 Å². The van der Waals surface area contributed by atoms with E-state index in [1.807, 2.05) is 0 Å². The number of aliphatic hydroxyl groups is 2. The molecule has 0 aliphatic carbocycles. The van der Waals surface area contributed by atoms with Crippen LogP contribution >= 0.6 is 0 Å². The molecule has 60 heavy (non-hydrogen) atoms. The molecule has 0 aromatic carbocycles. The molecule has 0 radical (unpaired) electrons. The van der Waals surface area contributed by atoms with Gasteiger partial charge in [0.05, 0.1) is 6.10 Å². The molecule has 4 heterocycles. The monoisotopic (exact) mass is 854 g/mol. The normalized spacial score (nSPS) is 34.0. The Morgan fingerprint density at radius 1 is 0.883 bits per heavy atom. The lowest BCUT2D eigenvalue weighted by Crippen LogP contribution is -2.70. The summed E-state index contributed by atoms with van der Waals surface area (Å²) in [6.45, 7) is 12.6. The average molecular weight is 855 g/mol. The maximum Gasteiger partial charge on any atom is 0.331 e. The van der Waals surface area contributed by atoms with Crippen molar-refractivity contribution in [3.05, 3.63) is 0 Å². The number of fused-ring (bicyclic) bond motifs is 2. The Bertz CT molecular complexity index is 1600. The van der Waals surface area contributed by atoms with E-state index in [0.29, 0.717) is 31.7 Å². The quantitative estimate of drug-likeness (QED) is 0.118. The topological polar surface area (TPSA) is 280 Å². The van der Waals surface area contributed by atoms with Gasteiger partial charge in [-0.3, -0.25) is 49.2 Å². The zero-order chi connectivity index (χ0) is 44.9. The van der Waals surface area contributed by atoms with Crippen molar-refractivity contribution in [2.75, 3.05) is 19.6 Å². The Hall–Kier alpha value is -3.99. The number of nitrogens with zero attached hydrogens (tertiary/aromatic N) is 4. The molecular formula is C39H66N8O13. The molecule has 4 aliphatic heterocycles. The SMILES string of the molecule is CC[C@@H](C)CC1CCC(O)([C@](C)(O)C(=O)NC2C(=O)N3NCCC[C@@H]3C(=O)N(O)[C@@H](C)C(=O)NCCC(=O)N3NCCC[C@H]3C(=O)N(O)[C@H](C)C(=O)O[C@H]2C(C)C)OC1C. The summed E-state index contributed by atoms with van der Waals surface area (Å²) in [5, 5.41) is 52.8. The van der Waals surface area contributed by atoms with Crippen LogP contribution < -0.4 is 21.5 Å². The van der Waals surface area contributed by atoms with Crippen LogP contribution in [0.1, 0.15) is 113 Å². The van der Waals surface area contributed by atoms with E-state index in [1.54, 1.807) is 20.8 Å². The average Bonchev–Trinajstić information content (AvgIpc) is 3.22. The molecule has 4 fully saturated rings. The number of hydrazine groups is 2. The zero-order valence-electron chi connectivity index (χ0n) is 36.0. The Balaban J connectivity index is 1.75. The Kier molecular flexibility index (Phi) is 16.4.